The summed E-state index contributed by atoms with van der Waals surface area (Å²) < 4.78 is 5.14. The van der Waals surface area contributed by atoms with E-state index in [4.69, 9.17) is 4.74 Å². The van der Waals surface area contributed by atoms with E-state index >= 15 is 0 Å². The van der Waals surface area contributed by atoms with E-state index in [1.807, 2.05) is 6.92 Å². The fourth-order valence-electron chi connectivity index (χ4n) is 2.68. The van der Waals surface area contributed by atoms with Crippen LogP contribution in [0.5, 0.6) is 5.75 Å². The van der Waals surface area contributed by atoms with Gasteiger partial charge in [-0.05, 0) is 25.8 Å². The molecule has 0 heterocycles. The molecule has 126 valence electrons. The Labute approximate surface area is 140 Å². The highest BCUT2D eigenvalue weighted by Crippen LogP contribution is 2.33. The summed E-state index contributed by atoms with van der Waals surface area (Å²) in [5.74, 6) is 0.190. The lowest BCUT2D eigenvalue weighted by molar-refractivity contribution is -0.384. The number of anilines is 1. The van der Waals surface area contributed by atoms with Crippen LogP contribution in [0.15, 0.2) is 18.2 Å². The van der Waals surface area contributed by atoms with Gasteiger partial charge >= 0.3 is 0 Å². The van der Waals surface area contributed by atoms with Gasteiger partial charge in [-0.2, -0.15) is 0 Å². The maximum Gasteiger partial charge on any atom is 0.273 e. The largest absolute Gasteiger partial charge is 0.494 e. The number of nitro benzene ring substituents is 1. The van der Waals surface area contributed by atoms with Gasteiger partial charge in [-0.15, -0.1) is 11.8 Å². The van der Waals surface area contributed by atoms with Crippen molar-refractivity contribution in [2.24, 2.45) is 0 Å². The number of nitro groups is 1. The van der Waals surface area contributed by atoms with Gasteiger partial charge in [-0.3, -0.25) is 14.9 Å². The van der Waals surface area contributed by atoms with E-state index in [1.165, 1.54) is 57.4 Å². The smallest absolute Gasteiger partial charge is 0.273 e. The third-order valence-electron chi connectivity index (χ3n) is 3.97. The number of nitrogens with one attached hydrogen (secondary N) is 1. The third-order valence-corrected chi connectivity index (χ3v) is 5.45. The quantitative estimate of drug-likeness (QED) is 0.626. The molecule has 2 rings (SSSR count). The summed E-state index contributed by atoms with van der Waals surface area (Å²) in [6.07, 6.45) is 6.11. The minimum atomic E-state index is -0.490. The van der Waals surface area contributed by atoms with Gasteiger partial charge in [0.25, 0.3) is 5.69 Å². The Balaban J connectivity index is 1.99. The van der Waals surface area contributed by atoms with Crippen LogP contribution in [0.3, 0.4) is 0 Å². The first-order valence-corrected chi connectivity index (χ1v) is 8.74. The zero-order valence-electron chi connectivity index (χ0n) is 13.4. The number of nitrogens with zero attached hydrogens (tertiary/aromatic N) is 1. The summed E-state index contributed by atoms with van der Waals surface area (Å²) in [7, 11) is 1.43. The van der Waals surface area contributed by atoms with Gasteiger partial charge in [0, 0.05) is 11.3 Å². The highest BCUT2D eigenvalue weighted by molar-refractivity contribution is 8.01. The third kappa shape index (κ3) is 4.86. The van der Waals surface area contributed by atoms with Crippen LogP contribution in [0.25, 0.3) is 0 Å². The number of hydrogen-bond acceptors (Lipinski definition) is 5. The fourth-order valence-corrected chi connectivity index (χ4v) is 4.05. The fraction of sp³-hybridized carbons (Fsp3) is 0.562. The molecular formula is C16H22N2O4S. The average Bonchev–Trinajstić information content (AvgIpc) is 2.55. The average molecular weight is 338 g/mol. The molecule has 6 nitrogen and oxygen atoms in total. The zero-order valence-corrected chi connectivity index (χ0v) is 14.2. The van der Waals surface area contributed by atoms with Crippen molar-refractivity contribution in [2.45, 2.75) is 49.5 Å². The van der Waals surface area contributed by atoms with Gasteiger partial charge in [0.1, 0.15) is 5.75 Å². The summed E-state index contributed by atoms with van der Waals surface area (Å²) in [6.45, 7) is 1.90. The highest BCUT2D eigenvalue weighted by atomic mass is 32.2. The van der Waals surface area contributed by atoms with Crippen LogP contribution in [-0.4, -0.2) is 28.4 Å². The van der Waals surface area contributed by atoms with Crippen molar-refractivity contribution in [3.63, 3.8) is 0 Å². The molecule has 7 heteroatoms. The van der Waals surface area contributed by atoms with Crippen molar-refractivity contribution >= 4 is 29.0 Å². The predicted octanol–water partition coefficient (Wildman–Crippen LogP) is 4.00. The molecule has 23 heavy (non-hydrogen) atoms. The van der Waals surface area contributed by atoms with E-state index < -0.39 is 4.92 Å². The number of carbonyl (C=O) groups excluding carboxylic acids is 1. The Morgan fingerprint density at radius 2 is 2.09 bits per heavy atom. The van der Waals surface area contributed by atoms with E-state index in [1.54, 1.807) is 11.8 Å². The lowest BCUT2D eigenvalue weighted by atomic mass is 10.0. The topological polar surface area (TPSA) is 81.5 Å². The normalized spacial score (nSPS) is 16.6. The number of hydrogen-bond donors (Lipinski definition) is 1. The first kappa shape index (κ1) is 17.6. The molecule has 1 aromatic rings. The Kier molecular flexibility index (Phi) is 6.27. The van der Waals surface area contributed by atoms with Crippen LogP contribution < -0.4 is 10.1 Å². The standard InChI is InChI=1S/C16H22N2O4S/c1-11(23-13-6-4-3-5-7-13)16(19)17-14-9-8-12(18(20)21)10-15(14)22-2/h8-11,13H,3-7H2,1-2H3,(H,17,19)/t11-/m0/s1. The van der Waals surface area contributed by atoms with Crippen molar-refractivity contribution in [3.8, 4) is 5.75 Å². The van der Waals surface area contributed by atoms with E-state index in [-0.39, 0.29) is 16.8 Å². The highest BCUT2D eigenvalue weighted by Gasteiger charge is 2.22. The molecule has 0 saturated heterocycles. The number of benzene rings is 1. The molecule has 1 aromatic carbocycles. The molecule has 0 unspecified atom stereocenters. The number of carbonyl (C=O) groups is 1. The van der Waals surface area contributed by atoms with Crippen LogP contribution in [0.2, 0.25) is 0 Å². The van der Waals surface area contributed by atoms with Crippen molar-refractivity contribution in [1.82, 2.24) is 0 Å². The van der Waals surface area contributed by atoms with Gasteiger partial charge in [0.05, 0.1) is 29.0 Å². The lowest BCUT2D eigenvalue weighted by Gasteiger charge is -2.24. The Morgan fingerprint density at radius 1 is 1.39 bits per heavy atom. The van der Waals surface area contributed by atoms with Crippen LogP contribution in [0.1, 0.15) is 39.0 Å². The van der Waals surface area contributed by atoms with Gasteiger partial charge in [0.2, 0.25) is 5.91 Å². The second-order valence-corrected chi connectivity index (χ2v) is 7.32. The summed E-state index contributed by atoms with van der Waals surface area (Å²) in [5.41, 5.74) is 0.392. The molecule has 1 aliphatic rings. The Hall–Kier alpha value is -1.76. The van der Waals surface area contributed by atoms with E-state index in [0.717, 1.165) is 0 Å². The summed E-state index contributed by atoms with van der Waals surface area (Å²) in [5, 5.41) is 14.0. The number of non-ortho nitro benzene ring substituents is 1. The number of ether oxygens (including phenoxy) is 1. The minimum absolute atomic E-state index is 0.0653. The van der Waals surface area contributed by atoms with Crippen LogP contribution in [0.4, 0.5) is 11.4 Å². The first-order chi connectivity index (χ1) is 11.0. The van der Waals surface area contributed by atoms with Crippen molar-refractivity contribution in [1.29, 1.82) is 0 Å². The summed E-state index contributed by atoms with van der Waals surface area (Å²) in [4.78, 5) is 22.7. The predicted molar refractivity (Wildman–Crippen MR) is 92.2 cm³/mol. The summed E-state index contributed by atoms with van der Waals surface area (Å²) >= 11 is 1.71. The van der Waals surface area contributed by atoms with E-state index in [9.17, 15) is 14.9 Å². The first-order valence-electron chi connectivity index (χ1n) is 7.80. The molecule has 0 aromatic heterocycles. The molecular weight excluding hydrogens is 316 g/mol. The number of rotatable bonds is 6. The van der Waals surface area contributed by atoms with E-state index in [2.05, 4.69) is 5.32 Å². The van der Waals surface area contributed by atoms with Crippen molar-refractivity contribution in [3.05, 3.63) is 28.3 Å². The molecule has 0 spiro atoms. The molecule has 0 aliphatic heterocycles. The Morgan fingerprint density at radius 3 is 2.70 bits per heavy atom. The maximum atomic E-state index is 12.4. The molecule has 1 N–H and O–H groups in total. The summed E-state index contributed by atoms with van der Waals surface area (Å²) in [6, 6.07) is 4.18. The van der Waals surface area contributed by atoms with Gasteiger partial charge < -0.3 is 10.1 Å². The molecule has 1 aliphatic carbocycles. The second kappa shape index (κ2) is 8.19. The van der Waals surface area contributed by atoms with Crippen LogP contribution in [0, 0.1) is 10.1 Å². The molecule has 1 saturated carbocycles. The lowest BCUT2D eigenvalue weighted by Crippen LogP contribution is -2.25. The minimum Gasteiger partial charge on any atom is -0.494 e. The van der Waals surface area contributed by atoms with Crippen LogP contribution in [-0.2, 0) is 4.79 Å². The monoisotopic (exact) mass is 338 g/mol. The molecule has 0 radical (unpaired) electrons. The van der Waals surface area contributed by atoms with Crippen molar-refractivity contribution < 1.29 is 14.5 Å². The van der Waals surface area contributed by atoms with E-state index in [0.29, 0.717) is 16.7 Å². The second-order valence-electron chi connectivity index (χ2n) is 5.67. The SMILES string of the molecule is COc1cc([N+](=O)[O-])ccc1NC(=O)[C@H](C)SC1CCCCC1. The van der Waals surface area contributed by atoms with Gasteiger partial charge in [-0.1, -0.05) is 19.3 Å². The molecule has 1 amide bonds. The molecule has 0 bridgehead atoms. The maximum absolute atomic E-state index is 12.4. The number of methoxy groups -OCH3 is 1. The number of thioether (sulfide) groups is 1. The number of amides is 1. The van der Waals surface area contributed by atoms with Crippen molar-refractivity contribution in [2.75, 3.05) is 12.4 Å². The Bertz CT molecular complexity index is 573. The van der Waals surface area contributed by atoms with Gasteiger partial charge in [0.15, 0.2) is 0 Å². The molecule has 1 fully saturated rings. The zero-order chi connectivity index (χ0) is 16.8. The van der Waals surface area contributed by atoms with Crippen LogP contribution >= 0.6 is 11.8 Å². The molecule has 1 atom stereocenters. The van der Waals surface area contributed by atoms with Gasteiger partial charge in [-0.25, -0.2) is 0 Å².